The quantitative estimate of drug-likeness (QED) is 0.125. The average molecular weight is 733 g/mol. The lowest BCUT2D eigenvalue weighted by Gasteiger charge is -2.22. The Morgan fingerprint density at radius 1 is 0.172 bits per heavy atom. The van der Waals surface area contributed by atoms with E-state index in [2.05, 4.69) is 218 Å². The highest BCUT2D eigenvalue weighted by Gasteiger charge is 2.22. The first kappa shape index (κ1) is 32.7. The second-order valence-corrected chi connectivity index (χ2v) is 15.5. The van der Waals surface area contributed by atoms with E-state index < -0.39 is 0 Å². The summed E-state index contributed by atoms with van der Waals surface area (Å²) >= 11 is 0. The van der Waals surface area contributed by atoms with Gasteiger partial charge in [0.25, 0.3) is 0 Å². The van der Waals surface area contributed by atoms with Gasteiger partial charge < -0.3 is 0 Å². The van der Waals surface area contributed by atoms with Crippen molar-refractivity contribution in [2.75, 3.05) is 0 Å². The van der Waals surface area contributed by atoms with Crippen LogP contribution in [0, 0.1) is 0 Å². The summed E-state index contributed by atoms with van der Waals surface area (Å²) in [5.74, 6) is 0. The average Bonchev–Trinajstić information content (AvgIpc) is 3.30. The van der Waals surface area contributed by atoms with Crippen LogP contribution in [-0.4, -0.2) is 0 Å². The number of fused-ring (bicyclic) bond motifs is 9. The first-order valence-corrected chi connectivity index (χ1v) is 20.2. The molecule has 0 unspecified atom stereocenters. The third-order valence-corrected chi connectivity index (χ3v) is 12.4. The van der Waals surface area contributed by atoms with Crippen molar-refractivity contribution in [2.45, 2.75) is 0 Å². The standard InChI is InChI=1S/C58H36/c1-4-20-41-37(16-1)19-15-31-42(41)40-32-33-53-56(36-40)57(50-28-12-11-27-49(50)54-34-38-17-2-5-21-43(38)45-23-7-9-25-47(45)54)51-29-13-14-30-52(51)58(53)55-35-39-18-3-6-22-44(39)46-24-8-10-26-48(46)55/h1-36H. The highest BCUT2D eigenvalue weighted by Crippen LogP contribution is 2.50. The maximum absolute atomic E-state index is 2.47. The molecule has 0 saturated heterocycles. The predicted octanol–water partition coefficient (Wildman–Crippen LogP) is 16.4. The van der Waals surface area contributed by atoms with Gasteiger partial charge in [0.15, 0.2) is 0 Å². The zero-order chi connectivity index (χ0) is 38.2. The molecule has 0 amide bonds. The highest BCUT2D eigenvalue weighted by molar-refractivity contribution is 6.27. The van der Waals surface area contributed by atoms with Crippen LogP contribution in [0.2, 0.25) is 0 Å². The Morgan fingerprint density at radius 3 is 1.24 bits per heavy atom. The van der Waals surface area contributed by atoms with Crippen molar-refractivity contribution in [2.24, 2.45) is 0 Å². The van der Waals surface area contributed by atoms with Crippen molar-refractivity contribution < 1.29 is 0 Å². The second-order valence-electron chi connectivity index (χ2n) is 15.5. The highest BCUT2D eigenvalue weighted by atomic mass is 14.3. The van der Waals surface area contributed by atoms with Crippen LogP contribution in [0.15, 0.2) is 218 Å². The first-order chi connectivity index (χ1) is 28.8. The minimum Gasteiger partial charge on any atom is -0.0616 e. The first-order valence-electron chi connectivity index (χ1n) is 20.2. The van der Waals surface area contributed by atoms with Crippen molar-refractivity contribution in [3.63, 3.8) is 0 Å². The van der Waals surface area contributed by atoms with E-state index in [1.807, 2.05) is 0 Å². The van der Waals surface area contributed by atoms with Crippen molar-refractivity contribution in [1.82, 2.24) is 0 Å². The Kier molecular flexibility index (Phi) is 7.33. The Hall–Kier alpha value is -7.54. The van der Waals surface area contributed by atoms with Crippen molar-refractivity contribution in [1.29, 1.82) is 0 Å². The second kappa shape index (κ2) is 13.0. The molecule has 12 aromatic carbocycles. The number of rotatable bonds is 4. The Labute approximate surface area is 336 Å². The minimum absolute atomic E-state index is 1.21. The molecule has 0 radical (unpaired) electrons. The lowest BCUT2D eigenvalue weighted by atomic mass is 9.81. The fourth-order valence-electron chi connectivity index (χ4n) is 9.88. The van der Waals surface area contributed by atoms with Gasteiger partial charge in [-0.05, 0) is 138 Å². The van der Waals surface area contributed by atoms with E-state index in [0.29, 0.717) is 0 Å². The van der Waals surface area contributed by atoms with Gasteiger partial charge in [-0.1, -0.05) is 200 Å². The molecule has 0 fully saturated rings. The van der Waals surface area contributed by atoms with Crippen molar-refractivity contribution in [3.05, 3.63) is 218 Å². The van der Waals surface area contributed by atoms with Gasteiger partial charge in [-0.15, -0.1) is 0 Å². The van der Waals surface area contributed by atoms with Gasteiger partial charge in [-0.25, -0.2) is 0 Å². The Bertz CT molecular complexity index is 3620. The minimum atomic E-state index is 1.21. The van der Waals surface area contributed by atoms with E-state index in [1.165, 1.54) is 120 Å². The monoisotopic (exact) mass is 732 g/mol. The van der Waals surface area contributed by atoms with Crippen molar-refractivity contribution in [3.8, 4) is 44.5 Å². The van der Waals surface area contributed by atoms with Crippen LogP contribution in [0.5, 0.6) is 0 Å². The van der Waals surface area contributed by atoms with Gasteiger partial charge in [0.2, 0.25) is 0 Å². The van der Waals surface area contributed by atoms with Crippen LogP contribution in [0.4, 0.5) is 0 Å². The lowest BCUT2D eigenvalue weighted by molar-refractivity contribution is 1.63. The zero-order valence-corrected chi connectivity index (χ0v) is 31.8. The number of benzene rings is 12. The molecule has 0 heteroatoms. The van der Waals surface area contributed by atoms with Crippen LogP contribution in [-0.2, 0) is 0 Å². The number of hydrogen-bond acceptors (Lipinski definition) is 0. The molecule has 0 spiro atoms. The van der Waals surface area contributed by atoms with Crippen molar-refractivity contribution >= 4 is 75.4 Å². The molecule has 268 valence electrons. The molecule has 0 aliphatic rings. The molecule has 0 saturated carbocycles. The molecule has 0 aliphatic heterocycles. The van der Waals surface area contributed by atoms with E-state index >= 15 is 0 Å². The molecular weight excluding hydrogens is 697 g/mol. The largest absolute Gasteiger partial charge is 0.0616 e. The summed E-state index contributed by atoms with van der Waals surface area (Å²) in [4.78, 5) is 0. The van der Waals surface area contributed by atoms with E-state index in [0.717, 1.165) is 0 Å². The summed E-state index contributed by atoms with van der Waals surface area (Å²) in [7, 11) is 0. The smallest absolute Gasteiger partial charge is 0.00199 e. The summed E-state index contributed by atoms with van der Waals surface area (Å²) in [6.45, 7) is 0. The molecule has 0 nitrogen and oxygen atoms in total. The third-order valence-electron chi connectivity index (χ3n) is 12.4. The fraction of sp³-hybridized carbons (Fsp3) is 0. The van der Waals surface area contributed by atoms with E-state index in [9.17, 15) is 0 Å². The maximum atomic E-state index is 2.47. The van der Waals surface area contributed by atoms with Crippen LogP contribution >= 0.6 is 0 Å². The van der Waals surface area contributed by atoms with Crippen LogP contribution in [0.1, 0.15) is 0 Å². The molecule has 0 aliphatic carbocycles. The molecule has 12 rings (SSSR count). The molecule has 58 heavy (non-hydrogen) atoms. The zero-order valence-electron chi connectivity index (χ0n) is 31.8. The summed E-state index contributed by atoms with van der Waals surface area (Å²) in [5, 5.41) is 17.6. The molecule has 12 aromatic rings. The topological polar surface area (TPSA) is 0 Å². The number of hydrogen-bond donors (Lipinski definition) is 0. The van der Waals surface area contributed by atoms with E-state index in [1.54, 1.807) is 0 Å². The molecule has 0 N–H and O–H groups in total. The summed E-state index contributed by atoms with van der Waals surface area (Å²) in [6, 6.07) is 81.1. The lowest BCUT2D eigenvalue weighted by Crippen LogP contribution is -1.95. The maximum Gasteiger partial charge on any atom is -0.00199 e. The molecular formula is C58H36. The third kappa shape index (κ3) is 4.95. The van der Waals surface area contributed by atoms with Crippen LogP contribution in [0.25, 0.3) is 120 Å². The Balaban J connectivity index is 1.25. The Morgan fingerprint density at radius 2 is 0.586 bits per heavy atom. The van der Waals surface area contributed by atoms with E-state index in [-0.39, 0.29) is 0 Å². The fourth-order valence-corrected chi connectivity index (χ4v) is 9.88. The predicted molar refractivity (Wildman–Crippen MR) is 251 cm³/mol. The normalized spacial score (nSPS) is 11.8. The van der Waals surface area contributed by atoms with Crippen LogP contribution in [0.3, 0.4) is 0 Å². The van der Waals surface area contributed by atoms with Gasteiger partial charge in [0, 0.05) is 0 Å². The summed E-state index contributed by atoms with van der Waals surface area (Å²) < 4.78 is 0. The molecule has 0 atom stereocenters. The molecule has 0 heterocycles. The van der Waals surface area contributed by atoms with Gasteiger partial charge >= 0.3 is 0 Å². The van der Waals surface area contributed by atoms with Gasteiger partial charge in [0.1, 0.15) is 0 Å². The van der Waals surface area contributed by atoms with E-state index in [4.69, 9.17) is 0 Å². The summed E-state index contributed by atoms with van der Waals surface area (Å²) in [5.41, 5.74) is 9.95. The van der Waals surface area contributed by atoms with Gasteiger partial charge in [-0.2, -0.15) is 0 Å². The SMILES string of the molecule is c1ccc(-c2cc3ccccc3c3ccccc23)c(-c2c3ccccc3c(-c3cc4ccccc4c4ccccc34)c3ccc(-c4cccc5ccccc45)cc23)c1. The summed E-state index contributed by atoms with van der Waals surface area (Å²) in [6.07, 6.45) is 0. The molecule has 0 aromatic heterocycles. The van der Waals surface area contributed by atoms with Gasteiger partial charge in [0.05, 0.1) is 0 Å². The van der Waals surface area contributed by atoms with Crippen LogP contribution < -0.4 is 0 Å². The molecule has 0 bridgehead atoms. The van der Waals surface area contributed by atoms with Gasteiger partial charge in [-0.3, -0.25) is 0 Å².